The molecule has 140 valence electrons. The quantitative estimate of drug-likeness (QED) is 0.512. The molecule has 1 amide bonds. The largest absolute Gasteiger partial charge is 0.497 e. The molecule has 0 bridgehead atoms. The van der Waals surface area contributed by atoms with Gasteiger partial charge in [-0.3, -0.25) is 10.1 Å². The molecule has 28 heavy (non-hydrogen) atoms. The molecule has 0 saturated carbocycles. The van der Waals surface area contributed by atoms with Gasteiger partial charge < -0.3 is 4.74 Å². The fourth-order valence-corrected chi connectivity index (χ4v) is 3.55. The number of thiazole rings is 1. The summed E-state index contributed by atoms with van der Waals surface area (Å²) in [5.41, 5.74) is 3.99. The summed E-state index contributed by atoms with van der Waals surface area (Å²) in [6, 6.07) is 15.7. The first-order valence-corrected chi connectivity index (χ1v) is 9.55. The van der Waals surface area contributed by atoms with Crippen molar-refractivity contribution in [2.45, 2.75) is 6.92 Å². The number of nitrogens with one attached hydrogen (secondary N) is 1. The number of nitrogens with zero attached hydrogens (tertiary/aromatic N) is 3. The summed E-state index contributed by atoms with van der Waals surface area (Å²) >= 11 is 1.46. The molecule has 4 rings (SSSR count). The minimum Gasteiger partial charge on any atom is -0.497 e. The van der Waals surface area contributed by atoms with E-state index in [1.807, 2.05) is 60.8 Å². The van der Waals surface area contributed by atoms with Crippen LogP contribution in [-0.2, 0) is 4.79 Å². The molecular formula is C21H18N4O2S. The highest BCUT2D eigenvalue weighted by Crippen LogP contribution is 2.28. The Labute approximate surface area is 166 Å². The normalized spacial score (nSPS) is 11.2. The Balaban J connectivity index is 1.53. The molecule has 1 N–H and O–H groups in total. The highest BCUT2D eigenvalue weighted by molar-refractivity contribution is 7.15. The average molecular weight is 390 g/mol. The number of fused-ring (bicyclic) bond motifs is 1. The molecule has 0 aliphatic heterocycles. The van der Waals surface area contributed by atoms with Crippen LogP contribution in [0.4, 0.5) is 5.95 Å². The maximum Gasteiger partial charge on any atom is 0.250 e. The number of carbonyl (C=O) groups excluding carboxylic acids is 1. The highest BCUT2D eigenvalue weighted by atomic mass is 32.1. The number of ether oxygens (including phenoxy) is 1. The number of hydrogen-bond donors (Lipinski definition) is 1. The van der Waals surface area contributed by atoms with Crippen molar-refractivity contribution >= 4 is 34.2 Å². The van der Waals surface area contributed by atoms with Crippen LogP contribution >= 0.6 is 11.3 Å². The lowest BCUT2D eigenvalue weighted by Gasteiger charge is -2.02. The molecule has 0 radical (unpaired) electrons. The third-order valence-corrected chi connectivity index (χ3v) is 5.00. The number of benzene rings is 2. The van der Waals surface area contributed by atoms with E-state index < -0.39 is 0 Å². The molecule has 0 unspecified atom stereocenters. The van der Waals surface area contributed by atoms with Crippen LogP contribution in [0.3, 0.4) is 0 Å². The summed E-state index contributed by atoms with van der Waals surface area (Å²) in [5, 5.41) is 9.11. The molecule has 0 atom stereocenters. The Hall–Kier alpha value is -3.45. The first-order chi connectivity index (χ1) is 13.6. The molecule has 7 heteroatoms. The summed E-state index contributed by atoms with van der Waals surface area (Å²) in [6.07, 6.45) is 3.23. The van der Waals surface area contributed by atoms with Gasteiger partial charge in [0, 0.05) is 17.0 Å². The van der Waals surface area contributed by atoms with Gasteiger partial charge in [0.2, 0.25) is 4.96 Å². The van der Waals surface area contributed by atoms with E-state index in [0.717, 1.165) is 22.6 Å². The zero-order valence-corrected chi connectivity index (χ0v) is 16.2. The molecule has 2 aromatic carbocycles. The lowest BCUT2D eigenvalue weighted by Crippen LogP contribution is -2.09. The maximum absolute atomic E-state index is 12.2. The van der Waals surface area contributed by atoms with Crippen LogP contribution in [-0.4, -0.2) is 27.6 Å². The number of hydrogen-bond acceptors (Lipinski definition) is 5. The number of anilines is 1. The Morgan fingerprint density at radius 3 is 2.82 bits per heavy atom. The SMILES string of the molecule is COc1cccc(-c2csc3nc(NC(=O)/C=C/c4ccc(C)cc4)nn23)c1. The van der Waals surface area contributed by atoms with Crippen LogP contribution in [0.5, 0.6) is 5.75 Å². The third-order valence-electron chi connectivity index (χ3n) is 4.19. The lowest BCUT2D eigenvalue weighted by atomic mass is 10.1. The third kappa shape index (κ3) is 3.79. The van der Waals surface area contributed by atoms with Crippen LogP contribution in [0.1, 0.15) is 11.1 Å². The number of rotatable bonds is 5. The summed E-state index contributed by atoms with van der Waals surface area (Å²) < 4.78 is 7.01. The summed E-state index contributed by atoms with van der Waals surface area (Å²) in [6.45, 7) is 2.02. The van der Waals surface area contributed by atoms with Crippen molar-refractivity contribution in [1.29, 1.82) is 0 Å². The van der Waals surface area contributed by atoms with Crippen LogP contribution in [0.25, 0.3) is 22.3 Å². The van der Waals surface area contributed by atoms with Gasteiger partial charge in [0.25, 0.3) is 11.9 Å². The van der Waals surface area contributed by atoms with Crippen LogP contribution in [0.15, 0.2) is 60.0 Å². The molecule has 4 aromatic rings. The van der Waals surface area contributed by atoms with Crippen LogP contribution in [0.2, 0.25) is 0 Å². The van der Waals surface area contributed by atoms with Gasteiger partial charge in [-0.15, -0.1) is 16.4 Å². The van der Waals surface area contributed by atoms with E-state index in [-0.39, 0.29) is 11.9 Å². The van der Waals surface area contributed by atoms with Crippen molar-refractivity contribution < 1.29 is 9.53 Å². The van der Waals surface area contributed by atoms with Crippen molar-refractivity contribution in [1.82, 2.24) is 14.6 Å². The molecule has 2 aromatic heterocycles. The van der Waals surface area contributed by atoms with Crippen LogP contribution < -0.4 is 10.1 Å². The molecular weight excluding hydrogens is 372 g/mol. The molecule has 2 heterocycles. The van der Waals surface area contributed by atoms with Gasteiger partial charge in [-0.05, 0) is 30.7 Å². The van der Waals surface area contributed by atoms with E-state index in [9.17, 15) is 4.79 Å². The monoisotopic (exact) mass is 390 g/mol. The Bertz CT molecular complexity index is 1160. The zero-order valence-electron chi connectivity index (χ0n) is 15.4. The van der Waals surface area contributed by atoms with Gasteiger partial charge in [-0.1, -0.05) is 42.0 Å². The van der Waals surface area contributed by atoms with Crippen molar-refractivity contribution in [3.63, 3.8) is 0 Å². The van der Waals surface area contributed by atoms with Crippen molar-refractivity contribution in [2.24, 2.45) is 0 Å². The second kappa shape index (κ2) is 7.66. The molecule has 0 aliphatic rings. The predicted octanol–water partition coefficient (Wildman–Crippen LogP) is 4.43. The first kappa shape index (κ1) is 17.9. The van der Waals surface area contributed by atoms with E-state index in [2.05, 4.69) is 15.4 Å². The van der Waals surface area contributed by atoms with Crippen molar-refractivity contribution in [3.05, 3.63) is 71.1 Å². The van der Waals surface area contributed by atoms with E-state index in [1.54, 1.807) is 17.7 Å². The molecule has 0 aliphatic carbocycles. The topological polar surface area (TPSA) is 68.5 Å². The van der Waals surface area contributed by atoms with Gasteiger partial charge in [-0.25, -0.2) is 4.52 Å². The summed E-state index contributed by atoms with van der Waals surface area (Å²) in [7, 11) is 1.63. The van der Waals surface area contributed by atoms with Gasteiger partial charge in [0.05, 0.1) is 12.8 Å². The summed E-state index contributed by atoms with van der Waals surface area (Å²) in [5.74, 6) is 0.767. The van der Waals surface area contributed by atoms with E-state index in [0.29, 0.717) is 4.96 Å². The average Bonchev–Trinajstić information content (AvgIpc) is 3.27. The van der Waals surface area contributed by atoms with Gasteiger partial charge in [-0.2, -0.15) is 4.98 Å². The molecule has 0 saturated heterocycles. The van der Waals surface area contributed by atoms with Crippen molar-refractivity contribution in [3.8, 4) is 17.0 Å². The number of methoxy groups -OCH3 is 1. The minimum atomic E-state index is -0.276. The fraction of sp³-hybridized carbons (Fsp3) is 0.0952. The molecule has 0 fully saturated rings. The second-order valence-electron chi connectivity index (χ2n) is 6.22. The smallest absolute Gasteiger partial charge is 0.250 e. The van der Waals surface area contributed by atoms with E-state index in [1.165, 1.54) is 23.0 Å². The van der Waals surface area contributed by atoms with Crippen LogP contribution in [0, 0.1) is 6.92 Å². The maximum atomic E-state index is 12.2. The highest BCUT2D eigenvalue weighted by Gasteiger charge is 2.13. The first-order valence-electron chi connectivity index (χ1n) is 8.67. The van der Waals surface area contributed by atoms with Gasteiger partial charge in [0.15, 0.2) is 0 Å². The molecule has 0 spiro atoms. The minimum absolute atomic E-state index is 0.273. The number of carbonyl (C=O) groups is 1. The molecule has 6 nitrogen and oxygen atoms in total. The van der Waals surface area contributed by atoms with Gasteiger partial charge >= 0.3 is 0 Å². The van der Waals surface area contributed by atoms with Gasteiger partial charge in [0.1, 0.15) is 5.75 Å². The fourth-order valence-electron chi connectivity index (χ4n) is 2.72. The Morgan fingerprint density at radius 1 is 1.21 bits per heavy atom. The van der Waals surface area contributed by atoms with E-state index >= 15 is 0 Å². The number of aromatic nitrogens is 3. The number of aryl methyl sites for hydroxylation is 1. The zero-order chi connectivity index (χ0) is 19.5. The predicted molar refractivity (Wildman–Crippen MR) is 112 cm³/mol. The number of amides is 1. The second-order valence-corrected chi connectivity index (χ2v) is 7.05. The Morgan fingerprint density at radius 2 is 2.04 bits per heavy atom. The summed E-state index contributed by atoms with van der Waals surface area (Å²) in [4.78, 5) is 17.3. The van der Waals surface area contributed by atoms with Crippen molar-refractivity contribution in [2.75, 3.05) is 12.4 Å². The van der Waals surface area contributed by atoms with E-state index in [4.69, 9.17) is 4.74 Å². The lowest BCUT2D eigenvalue weighted by molar-refractivity contribution is -0.111. The standard InChI is InChI=1S/C21H18N4O2S/c1-14-6-8-15(9-7-14)10-11-19(26)22-20-23-21-25(24-20)18(13-28-21)16-4-3-5-17(12-16)27-2/h3-13H,1-2H3,(H,22,24,26)/b11-10+. The Kier molecular flexibility index (Phi) is 4.90.